The number of aryl methyl sites for hydroxylation is 3. The molecule has 40 heavy (non-hydrogen) atoms. The predicted molar refractivity (Wildman–Crippen MR) is 159 cm³/mol. The minimum Gasteiger partial charge on any atom is -0.481 e. The molecule has 214 valence electrons. The molecule has 1 atom stereocenters. The largest absolute Gasteiger partial charge is 0.481 e. The molecule has 0 bridgehead atoms. The Morgan fingerprint density at radius 2 is 1.82 bits per heavy atom. The number of ether oxygens (including phenoxy) is 1. The fraction of sp³-hybridized carbons (Fsp3) is 0.594. The van der Waals surface area contributed by atoms with Crippen LogP contribution in [-0.4, -0.2) is 63.3 Å². The van der Waals surface area contributed by atoms with Crippen LogP contribution < -0.4 is 4.74 Å². The normalized spacial score (nSPS) is 22.8. The summed E-state index contributed by atoms with van der Waals surface area (Å²) in [4.78, 5) is 25.7. The highest BCUT2D eigenvalue weighted by Crippen LogP contribution is 2.44. The van der Waals surface area contributed by atoms with Crippen molar-refractivity contribution >= 4 is 17.2 Å². The maximum absolute atomic E-state index is 13.8. The quantitative estimate of drug-likeness (QED) is 0.354. The van der Waals surface area contributed by atoms with Crippen LogP contribution in [0.25, 0.3) is 0 Å². The summed E-state index contributed by atoms with van der Waals surface area (Å²) in [7, 11) is 1.66. The molecule has 3 aliphatic rings. The maximum Gasteiger partial charge on any atom is 0.255 e. The molecule has 1 saturated heterocycles. The monoisotopic (exact) mass is 561 g/mol. The van der Waals surface area contributed by atoms with E-state index in [4.69, 9.17) is 4.74 Å². The van der Waals surface area contributed by atoms with Gasteiger partial charge in [0.15, 0.2) is 0 Å². The van der Waals surface area contributed by atoms with E-state index in [-0.39, 0.29) is 5.91 Å². The number of hydrogen-bond acceptors (Lipinski definition) is 6. The van der Waals surface area contributed by atoms with Crippen LogP contribution in [-0.2, 0) is 13.0 Å². The Morgan fingerprint density at radius 1 is 1.07 bits per heavy atom. The van der Waals surface area contributed by atoms with Gasteiger partial charge in [-0.3, -0.25) is 14.4 Å². The van der Waals surface area contributed by atoms with Crippen LogP contribution in [0.1, 0.15) is 92.8 Å². The number of rotatable bonds is 7. The zero-order chi connectivity index (χ0) is 28.1. The minimum atomic E-state index is 0.166. The number of carbonyl (C=O) groups excluding carboxylic acids is 1. The predicted octanol–water partition coefficient (Wildman–Crippen LogP) is 6.00. The number of nitrogens with zero attached hydrogens (tertiary/aromatic N) is 5. The molecular weight excluding hydrogens is 518 g/mol. The van der Waals surface area contributed by atoms with Gasteiger partial charge in [0.2, 0.25) is 5.88 Å². The van der Waals surface area contributed by atoms with Crippen LogP contribution in [0.5, 0.6) is 5.88 Å². The summed E-state index contributed by atoms with van der Waals surface area (Å²) in [6, 6.07) is 5.42. The molecular formula is C32H43N5O2S. The van der Waals surface area contributed by atoms with E-state index in [1.807, 2.05) is 23.2 Å². The van der Waals surface area contributed by atoms with Crippen molar-refractivity contribution < 1.29 is 9.53 Å². The molecule has 0 unspecified atom stereocenters. The lowest BCUT2D eigenvalue weighted by atomic mass is 9.76. The Morgan fingerprint density at radius 3 is 2.50 bits per heavy atom. The van der Waals surface area contributed by atoms with Gasteiger partial charge in [-0.15, -0.1) is 11.3 Å². The molecule has 0 aromatic carbocycles. The summed E-state index contributed by atoms with van der Waals surface area (Å²) in [6.45, 7) is 14.3. The summed E-state index contributed by atoms with van der Waals surface area (Å²) in [6.07, 6.45) is 8.16. The molecule has 6 rings (SSSR count). The number of pyridine rings is 1. The number of likely N-dealkylation sites (tertiary alicyclic amines) is 1. The van der Waals surface area contributed by atoms with Crippen LogP contribution in [0.2, 0.25) is 0 Å². The third kappa shape index (κ3) is 4.98. The van der Waals surface area contributed by atoms with Crippen LogP contribution in [0.15, 0.2) is 18.3 Å². The molecule has 3 aromatic rings. The summed E-state index contributed by atoms with van der Waals surface area (Å²) in [5, 5.41) is 4.62. The van der Waals surface area contributed by atoms with Gasteiger partial charge in [-0.1, -0.05) is 6.92 Å². The molecule has 5 heterocycles. The number of amides is 1. The molecule has 8 heteroatoms. The SMILES string of the molecule is COc1nc(C)cc(C)c1CN1CCc2sc([C@H](C)C3CCC(N4CC(n5ccc(C)n5)C4)CC3)c(C)c2C1=O. The number of aromatic nitrogens is 3. The van der Waals surface area contributed by atoms with E-state index in [1.165, 1.54) is 41.0 Å². The van der Waals surface area contributed by atoms with Crippen LogP contribution in [0, 0.1) is 33.6 Å². The second-order valence-electron chi connectivity index (χ2n) is 12.3. The summed E-state index contributed by atoms with van der Waals surface area (Å²) >= 11 is 1.91. The Kier molecular flexibility index (Phi) is 7.51. The first-order valence-corrected chi connectivity index (χ1v) is 15.7. The van der Waals surface area contributed by atoms with E-state index in [0.717, 1.165) is 54.1 Å². The van der Waals surface area contributed by atoms with Crippen molar-refractivity contribution in [1.29, 1.82) is 0 Å². The van der Waals surface area contributed by atoms with Crippen molar-refractivity contribution in [2.75, 3.05) is 26.7 Å². The van der Waals surface area contributed by atoms with Gasteiger partial charge in [-0.2, -0.15) is 5.10 Å². The Balaban J connectivity index is 1.09. The Labute approximate surface area is 242 Å². The first kappa shape index (κ1) is 27.5. The number of hydrogen-bond donors (Lipinski definition) is 0. The van der Waals surface area contributed by atoms with Gasteiger partial charge in [0, 0.05) is 59.3 Å². The maximum atomic E-state index is 13.8. The number of methoxy groups -OCH3 is 1. The van der Waals surface area contributed by atoms with E-state index >= 15 is 0 Å². The third-order valence-electron chi connectivity index (χ3n) is 9.73. The van der Waals surface area contributed by atoms with E-state index in [1.54, 1.807) is 7.11 Å². The summed E-state index contributed by atoms with van der Waals surface area (Å²) < 4.78 is 7.74. The van der Waals surface area contributed by atoms with Gasteiger partial charge in [0.25, 0.3) is 5.91 Å². The minimum absolute atomic E-state index is 0.166. The highest BCUT2D eigenvalue weighted by Gasteiger charge is 2.38. The lowest BCUT2D eigenvalue weighted by Gasteiger charge is -2.47. The second-order valence-corrected chi connectivity index (χ2v) is 13.5. The summed E-state index contributed by atoms with van der Waals surface area (Å²) in [5.74, 6) is 1.99. The molecule has 0 radical (unpaired) electrons. The van der Waals surface area contributed by atoms with Crippen molar-refractivity contribution in [3.63, 3.8) is 0 Å². The van der Waals surface area contributed by atoms with Crippen molar-refractivity contribution in [3.05, 3.63) is 61.7 Å². The van der Waals surface area contributed by atoms with Gasteiger partial charge in [-0.25, -0.2) is 4.98 Å². The van der Waals surface area contributed by atoms with Crippen LogP contribution in [0.4, 0.5) is 0 Å². The Hall–Kier alpha value is -2.71. The molecule has 0 N–H and O–H groups in total. The highest BCUT2D eigenvalue weighted by atomic mass is 32.1. The average molecular weight is 562 g/mol. The van der Waals surface area contributed by atoms with Crippen molar-refractivity contribution in [1.82, 2.24) is 24.6 Å². The molecule has 1 aliphatic carbocycles. The molecule has 2 aliphatic heterocycles. The number of thiophene rings is 1. The smallest absolute Gasteiger partial charge is 0.255 e. The highest BCUT2D eigenvalue weighted by molar-refractivity contribution is 7.12. The second kappa shape index (κ2) is 10.9. The van der Waals surface area contributed by atoms with Crippen molar-refractivity contribution in [2.24, 2.45) is 5.92 Å². The van der Waals surface area contributed by atoms with E-state index in [2.05, 4.69) is 65.7 Å². The first-order valence-electron chi connectivity index (χ1n) is 14.9. The van der Waals surface area contributed by atoms with Gasteiger partial charge >= 0.3 is 0 Å². The molecule has 7 nitrogen and oxygen atoms in total. The zero-order valence-electron chi connectivity index (χ0n) is 24.9. The fourth-order valence-corrected chi connectivity index (χ4v) is 8.72. The van der Waals surface area contributed by atoms with E-state index in [9.17, 15) is 4.79 Å². The van der Waals surface area contributed by atoms with E-state index in [0.29, 0.717) is 36.3 Å². The lowest BCUT2D eigenvalue weighted by molar-refractivity contribution is 0.0269. The standard InChI is InChI=1S/C32H43N5O2S/c1-19-15-21(3)33-31(39-6)27(19)18-35-13-12-28-29(32(35)38)23(5)30(40-28)22(4)24-7-9-25(10-8-24)36-16-26(17-36)37-14-11-20(2)34-37/h11,14-15,22,24-26H,7-10,12-13,16-18H2,1-6H3/t22-,24?,25?/m1/s1. The molecule has 0 spiro atoms. The van der Waals surface area contributed by atoms with Gasteiger partial charge in [0.1, 0.15) is 0 Å². The molecule has 1 saturated carbocycles. The van der Waals surface area contributed by atoms with Crippen LogP contribution in [0.3, 0.4) is 0 Å². The van der Waals surface area contributed by atoms with Gasteiger partial charge < -0.3 is 9.64 Å². The van der Waals surface area contributed by atoms with Crippen LogP contribution >= 0.6 is 11.3 Å². The van der Waals surface area contributed by atoms with Gasteiger partial charge in [0.05, 0.1) is 31.0 Å². The van der Waals surface area contributed by atoms with E-state index < -0.39 is 0 Å². The fourth-order valence-electron chi connectivity index (χ4n) is 7.28. The topological polar surface area (TPSA) is 63.5 Å². The molecule has 3 aromatic heterocycles. The molecule has 2 fully saturated rings. The van der Waals surface area contributed by atoms with Crippen molar-refractivity contribution in [2.45, 2.75) is 91.3 Å². The number of fused-ring (bicyclic) bond motifs is 1. The molecule has 1 amide bonds. The average Bonchev–Trinajstić information content (AvgIpc) is 3.49. The number of carbonyl (C=O) groups is 1. The van der Waals surface area contributed by atoms with Gasteiger partial charge in [-0.05, 0) is 88.5 Å². The zero-order valence-corrected chi connectivity index (χ0v) is 25.7. The van der Waals surface area contributed by atoms with Crippen molar-refractivity contribution in [3.8, 4) is 5.88 Å². The third-order valence-corrected chi connectivity index (χ3v) is 11.3. The Bertz CT molecular complexity index is 1400. The first-order chi connectivity index (χ1) is 19.2. The lowest BCUT2D eigenvalue weighted by Crippen LogP contribution is -2.53. The summed E-state index contributed by atoms with van der Waals surface area (Å²) in [5.41, 5.74) is 6.35.